The van der Waals surface area contributed by atoms with Crippen LogP contribution in [0.1, 0.15) is 28.9 Å². The first-order valence-corrected chi connectivity index (χ1v) is 8.32. The molecule has 1 fully saturated rings. The summed E-state index contributed by atoms with van der Waals surface area (Å²) in [7, 11) is 1.88. The molecule has 1 amide bonds. The maximum atomic E-state index is 13.5. The van der Waals surface area contributed by atoms with Gasteiger partial charge in [-0.1, -0.05) is 12.1 Å². The quantitative estimate of drug-likeness (QED) is 0.636. The SMILES string of the molecule is CN1C(=O)c2cccn2-c2cc(-c3ccnc(F)c3)ccc2C12CC2. The maximum absolute atomic E-state index is 13.5. The Hall–Kier alpha value is -2.95. The van der Waals surface area contributed by atoms with Crippen molar-refractivity contribution >= 4 is 5.91 Å². The van der Waals surface area contributed by atoms with Crippen molar-refractivity contribution in [2.75, 3.05) is 7.05 Å². The van der Waals surface area contributed by atoms with Gasteiger partial charge in [0.05, 0.1) is 11.2 Å². The number of benzene rings is 1. The fourth-order valence-electron chi connectivity index (χ4n) is 3.92. The van der Waals surface area contributed by atoms with E-state index in [4.69, 9.17) is 0 Å². The van der Waals surface area contributed by atoms with Gasteiger partial charge < -0.3 is 9.47 Å². The lowest BCUT2D eigenvalue weighted by molar-refractivity contribution is 0.0705. The van der Waals surface area contributed by atoms with Crippen LogP contribution in [-0.4, -0.2) is 27.4 Å². The molecule has 1 aliphatic heterocycles. The lowest BCUT2D eigenvalue weighted by Crippen LogP contribution is -2.36. The highest BCUT2D eigenvalue weighted by Crippen LogP contribution is 2.54. The molecular formula is C20H16FN3O. The lowest BCUT2D eigenvalue weighted by Gasteiger charge is -2.27. The van der Waals surface area contributed by atoms with E-state index in [0.717, 1.165) is 35.2 Å². The normalized spacial score (nSPS) is 17.2. The first kappa shape index (κ1) is 14.4. The van der Waals surface area contributed by atoms with Crippen LogP contribution < -0.4 is 0 Å². The summed E-state index contributed by atoms with van der Waals surface area (Å²) in [5.74, 6) is -0.460. The summed E-state index contributed by atoms with van der Waals surface area (Å²) in [5.41, 5.74) is 4.27. The highest BCUT2D eigenvalue weighted by Gasteiger charge is 2.53. The number of fused-ring (bicyclic) bond motifs is 4. The fourth-order valence-corrected chi connectivity index (χ4v) is 3.92. The Morgan fingerprint density at radius 3 is 2.68 bits per heavy atom. The first-order valence-electron chi connectivity index (χ1n) is 8.32. The molecule has 0 bridgehead atoms. The second kappa shape index (κ2) is 4.79. The van der Waals surface area contributed by atoms with E-state index in [2.05, 4.69) is 11.1 Å². The van der Waals surface area contributed by atoms with E-state index < -0.39 is 5.95 Å². The molecule has 2 aromatic heterocycles. The summed E-state index contributed by atoms with van der Waals surface area (Å²) in [4.78, 5) is 18.4. The zero-order valence-corrected chi connectivity index (χ0v) is 13.7. The van der Waals surface area contributed by atoms with Gasteiger partial charge in [-0.2, -0.15) is 4.39 Å². The minimum absolute atomic E-state index is 0.0372. The van der Waals surface area contributed by atoms with E-state index >= 15 is 0 Å². The van der Waals surface area contributed by atoms with E-state index in [1.165, 1.54) is 12.3 Å². The van der Waals surface area contributed by atoms with Crippen molar-refractivity contribution in [2.45, 2.75) is 18.4 Å². The van der Waals surface area contributed by atoms with Crippen LogP contribution in [0.2, 0.25) is 0 Å². The second-order valence-electron chi connectivity index (χ2n) is 6.76. The van der Waals surface area contributed by atoms with Crippen molar-refractivity contribution in [3.8, 4) is 16.8 Å². The van der Waals surface area contributed by atoms with E-state index in [9.17, 15) is 9.18 Å². The molecule has 0 saturated heterocycles. The highest BCUT2D eigenvalue weighted by atomic mass is 19.1. The Morgan fingerprint density at radius 1 is 1.12 bits per heavy atom. The number of amides is 1. The third-order valence-corrected chi connectivity index (χ3v) is 5.46. The number of pyridine rings is 1. The number of aromatic nitrogens is 2. The van der Waals surface area contributed by atoms with Gasteiger partial charge in [0.25, 0.3) is 5.91 Å². The predicted molar refractivity (Wildman–Crippen MR) is 92.0 cm³/mol. The van der Waals surface area contributed by atoms with Crippen molar-refractivity contribution in [2.24, 2.45) is 0 Å². The zero-order valence-electron chi connectivity index (χ0n) is 13.7. The van der Waals surface area contributed by atoms with E-state index in [1.807, 2.05) is 47.0 Å². The Balaban J connectivity index is 1.77. The summed E-state index contributed by atoms with van der Waals surface area (Å²) in [5, 5.41) is 0. The molecule has 3 heterocycles. The van der Waals surface area contributed by atoms with E-state index in [-0.39, 0.29) is 11.4 Å². The predicted octanol–water partition coefficient (Wildman–Crippen LogP) is 3.75. The standard InChI is InChI=1S/C20H16FN3O/c1-23-19(25)16-3-2-10-24(16)17-11-13(14-6-9-22-18(21)12-14)4-5-15(17)20(23)7-8-20/h2-6,9-12H,7-8H2,1H3. The Kier molecular flexibility index (Phi) is 2.76. The van der Waals surface area contributed by atoms with Crippen LogP contribution >= 0.6 is 0 Å². The largest absolute Gasteiger partial charge is 0.331 e. The Bertz CT molecular complexity index is 1020. The molecule has 2 aliphatic rings. The third-order valence-electron chi connectivity index (χ3n) is 5.46. The molecule has 4 nitrogen and oxygen atoms in total. The van der Waals surface area contributed by atoms with Crippen molar-refractivity contribution in [3.63, 3.8) is 0 Å². The van der Waals surface area contributed by atoms with Crippen molar-refractivity contribution in [1.82, 2.24) is 14.5 Å². The van der Waals surface area contributed by atoms with Crippen molar-refractivity contribution < 1.29 is 9.18 Å². The Morgan fingerprint density at radius 2 is 1.92 bits per heavy atom. The van der Waals surface area contributed by atoms with Crippen molar-refractivity contribution in [3.05, 3.63) is 72.1 Å². The minimum atomic E-state index is -0.498. The lowest BCUT2D eigenvalue weighted by atomic mass is 9.97. The van der Waals surface area contributed by atoms with Crippen LogP contribution in [0.5, 0.6) is 0 Å². The number of carbonyl (C=O) groups is 1. The van der Waals surface area contributed by atoms with E-state index in [1.54, 1.807) is 6.07 Å². The van der Waals surface area contributed by atoms with Gasteiger partial charge in [0, 0.05) is 31.1 Å². The summed E-state index contributed by atoms with van der Waals surface area (Å²) < 4.78 is 15.5. The van der Waals surface area contributed by atoms with Gasteiger partial charge in [0.1, 0.15) is 5.69 Å². The zero-order chi connectivity index (χ0) is 17.2. The van der Waals surface area contributed by atoms with Crippen LogP contribution in [-0.2, 0) is 5.54 Å². The molecule has 0 radical (unpaired) electrons. The van der Waals surface area contributed by atoms with Gasteiger partial charge >= 0.3 is 0 Å². The summed E-state index contributed by atoms with van der Waals surface area (Å²) in [6.45, 7) is 0. The van der Waals surface area contributed by atoms with Gasteiger partial charge in [-0.15, -0.1) is 0 Å². The summed E-state index contributed by atoms with van der Waals surface area (Å²) in [6, 6.07) is 13.1. The number of hydrogen-bond donors (Lipinski definition) is 0. The van der Waals surface area contributed by atoms with Gasteiger partial charge in [-0.05, 0) is 48.2 Å². The van der Waals surface area contributed by atoms with Crippen LogP contribution in [0.4, 0.5) is 4.39 Å². The molecule has 3 aromatic rings. The molecule has 5 heteroatoms. The average Bonchev–Trinajstić information content (AvgIpc) is 3.30. The number of rotatable bonds is 1. The van der Waals surface area contributed by atoms with Gasteiger partial charge in [-0.25, -0.2) is 4.98 Å². The fraction of sp³-hybridized carbons (Fsp3) is 0.200. The minimum Gasteiger partial charge on any atom is -0.331 e. The number of nitrogens with zero attached hydrogens (tertiary/aromatic N) is 3. The number of hydrogen-bond acceptors (Lipinski definition) is 2. The van der Waals surface area contributed by atoms with Crippen LogP contribution in [0.3, 0.4) is 0 Å². The molecule has 5 rings (SSSR count). The third kappa shape index (κ3) is 1.92. The van der Waals surface area contributed by atoms with Gasteiger partial charge in [0.15, 0.2) is 0 Å². The van der Waals surface area contributed by atoms with Crippen LogP contribution in [0.15, 0.2) is 54.9 Å². The molecule has 1 spiro atoms. The monoisotopic (exact) mass is 333 g/mol. The molecule has 1 saturated carbocycles. The van der Waals surface area contributed by atoms with E-state index in [0.29, 0.717) is 5.69 Å². The molecule has 1 aliphatic carbocycles. The first-order chi connectivity index (χ1) is 12.1. The molecule has 0 N–H and O–H groups in total. The number of carbonyl (C=O) groups excluding carboxylic acids is 1. The topological polar surface area (TPSA) is 38.1 Å². The number of halogens is 1. The molecule has 0 atom stereocenters. The van der Waals surface area contributed by atoms with Crippen molar-refractivity contribution in [1.29, 1.82) is 0 Å². The maximum Gasteiger partial charge on any atom is 0.271 e. The summed E-state index contributed by atoms with van der Waals surface area (Å²) in [6.07, 6.45) is 5.32. The molecule has 124 valence electrons. The van der Waals surface area contributed by atoms with Gasteiger partial charge in [0.2, 0.25) is 5.95 Å². The Labute approximate surface area is 144 Å². The second-order valence-corrected chi connectivity index (χ2v) is 6.76. The van der Waals surface area contributed by atoms with Gasteiger partial charge in [-0.3, -0.25) is 4.79 Å². The molecular weight excluding hydrogens is 317 g/mol. The van der Waals surface area contributed by atoms with Crippen LogP contribution in [0, 0.1) is 5.95 Å². The van der Waals surface area contributed by atoms with Crippen LogP contribution in [0.25, 0.3) is 16.8 Å². The summed E-state index contributed by atoms with van der Waals surface area (Å²) >= 11 is 0. The average molecular weight is 333 g/mol. The smallest absolute Gasteiger partial charge is 0.271 e. The highest BCUT2D eigenvalue weighted by molar-refractivity contribution is 5.95. The molecule has 0 unspecified atom stereocenters. The molecule has 1 aromatic carbocycles. The molecule has 25 heavy (non-hydrogen) atoms.